The van der Waals surface area contributed by atoms with Gasteiger partial charge in [-0.3, -0.25) is 4.79 Å². The van der Waals surface area contributed by atoms with Gasteiger partial charge in [-0.1, -0.05) is 65.7 Å². The first-order valence-electron chi connectivity index (χ1n) is 9.78. The Labute approximate surface area is 185 Å². The number of aliphatic hydroxyl groups excluding tert-OH is 1. The van der Waals surface area contributed by atoms with Gasteiger partial charge < -0.3 is 20.1 Å². The van der Waals surface area contributed by atoms with E-state index in [4.69, 9.17) is 27.9 Å². The largest absolute Gasteiger partial charge is 0.445 e. The number of ether oxygens (including phenoxy) is 1. The number of nitrogens with one attached hydrogen (secondary N) is 1. The molecule has 0 aromatic heterocycles. The van der Waals surface area contributed by atoms with E-state index in [1.807, 2.05) is 36.4 Å². The van der Waals surface area contributed by atoms with Crippen LogP contribution in [0.5, 0.6) is 0 Å². The Morgan fingerprint density at radius 2 is 1.87 bits per heavy atom. The second kappa shape index (κ2) is 10.7. The van der Waals surface area contributed by atoms with Gasteiger partial charge in [0.1, 0.15) is 6.61 Å². The minimum absolute atomic E-state index is 0.0361. The Morgan fingerprint density at radius 1 is 1.13 bits per heavy atom. The van der Waals surface area contributed by atoms with E-state index in [2.05, 4.69) is 5.32 Å². The molecule has 1 atom stereocenters. The molecule has 30 heavy (non-hydrogen) atoms. The maximum absolute atomic E-state index is 12.9. The molecule has 2 amide bonds. The van der Waals surface area contributed by atoms with Gasteiger partial charge in [0.25, 0.3) is 0 Å². The summed E-state index contributed by atoms with van der Waals surface area (Å²) in [4.78, 5) is 26.7. The van der Waals surface area contributed by atoms with Crippen LogP contribution in [-0.2, 0) is 22.7 Å². The summed E-state index contributed by atoms with van der Waals surface area (Å²) < 4.78 is 5.17. The third-order valence-corrected chi connectivity index (χ3v) is 5.71. The van der Waals surface area contributed by atoms with E-state index in [9.17, 15) is 14.7 Å². The van der Waals surface area contributed by atoms with Crippen LogP contribution >= 0.6 is 23.2 Å². The van der Waals surface area contributed by atoms with E-state index in [1.165, 1.54) is 0 Å². The molecule has 160 valence electrons. The summed E-state index contributed by atoms with van der Waals surface area (Å²) in [6.07, 6.45) is 1.12. The zero-order valence-electron chi connectivity index (χ0n) is 16.4. The highest BCUT2D eigenvalue weighted by molar-refractivity contribution is 6.42. The number of hydrogen-bond donors (Lipinski definition) is 2. The molecule has 8 heteroatoms. The average Bonchev–Trinajstić information content (AvgIpc) is 3.58. The van der Waals surface area contributed by atoms with E-state index in [0.29, 0.717) is 16.6 Å². The SMILES string of the molecule is O=C(N[C@H](CO)CC(=O)N(Cc1cccc(Cl)c1Cl)C1CC1)OCc1ccccc1. The molecule has 0 radical (unpaired) electrons. The highest BCUT2D eigenvalue weighted by Crippen LogP contribution is 2.32. The molecule has 1 aliphatic carbocycles. The zero-order valence-corrected chi connectivity index (χ0v) is 17.9. The molecule has 2 aromatic carbocycles. The summed E-state index contributed by atoms with van der Waals surface area (Å²) in [5.74, 6) is -0.170. The third kappa shape index (κ3) is 6.36. The molecule has 0 saturated heterocycles. The van der Waals surface area contributed by atoms with Gasteiger partial charge in [-0.25, -0.2) is 4.79 Å². The minimum Gasteiger partial charge on any atom is -0.445 e. The zero-order chi connectivity index (χ0) is 21.5. The summed E-state index contributed by atoms with van der Waals surface area (Å²) >= 11 is 12.4. The normalized spacial score (nSPS) is 14.1. The second-order valence-electron chi connectivity index (χ2n) is 7.26. The number of halogens is 2. The molecule has 1 fully saturated rings. The van der Waals surface area contributed by atoms with Crippen molar-refractivity contribution in [3.63, 3.8) is 0 Å². The van der Waals surface area contributed by atoms with Crippen LogP contribution in [0.2, 0.25) is 10.0 Å². The van der Waals surface area contributed by atoms with Gasteiger partial charge in [0.2, 0.25) is 5.91 Å². The lowest BCUT2D eigenvalue weighted by Gasteiger charge is -2.25. The molecule has 0 bridgehead atoms. The molecule has 1 aliphatic rings. The van der Waals surface area contributed by atoms with Crippen molar-refractivity contribution in [2.45, 2.75) is 44.5 Å². The smallest absolute Gasteiger partial charge is 0.407 e. The Kier molecular flexibility index (Phi) is 7.96. The fourth-order valence-electron chi connectivity index (χ4n) is 3.08. The molecule has 1 saturated carbocycles. The molecule has 0 aliphatic heterocycles. The Balaban J connectivity index is 1.55. The second-order valence-corrected chi connectivity index (χ2v) is 8.04. The monoisotopic (exact) mass is 450 g/mol. The van der Waals surface area contributed by atoms with E-state index >= 15 is 0 Å². The van der Waals surface area contributed by atoms with Crippen molar-refractivity contribution >= 4 is 35.2 Å². The molecule has 2 aromatic rings. The van der Waals surface area contributed by atoms with Crippen molar-refractivity contribution in [2.75, 3.05) is 6.61 Å². The standard InChI is InChI=1S/C22H24Cl2N2O4/c23-19-8-4-7-16(21(19)24)12-26(18-9-10-18)20(28)11-17(13-27)25-22(29)30-14-15-5-2-1-3-6-15/h1-8,17-18,27H,9-14H2,(H,25,29)/t17-/m0/s1. The molecule has 0 spiro atoms. The van der Waals surface area contributed by atoms with Gasteiger partial charge in [0.05, 0.1) is 22.7 Å². The fraction of sp³-hybridized carbons (Fsp3) is 0.364. The number of rotatable bonds is 9. The number of aliphatic hydroxyl groups is 1. The maximum atomic E-state index is 12.9. The molecular formula is C22H24Cl2N2O4. The quantitative estimate of drug-likeness (QED) is 0.600. The van der Waals surface area contributed by atoms with Crippen molar-refractivity contribution in [3.8, 4) is 0 Å². The van der Waals surface area contributed by atoms with Crippen molar-refractivity contribution < 1.29 is 19.4 Å². The number of carbonyl (C=O) groups is 2. The third-order valence-electron chi connectivity index (χ3n) is 4.86. The maximum Gasteiger partial charge on any atom is 0.407 e. The van der Waals surface area contributed by atoms with E-state index in [-0.39, 0.29) is 31.6 Å². The van der Waals surface area contributed by atoms with Crippen molar-refractivity contribution in [3.05, 3.63) is 69.7 Å². The van der Waals surface area contributed by atoms with Gasteiger partial charge in [-0.15, -0.1) is 0 Å². The van der Waals surface area contributed by atoms with E-state index in [0.717, 1.165) is 24.0 Å². The van der Waals surface area contributed by atoms with Gasteiger partial charge in [-0.05, 0) is 30.0 Å². The van der Waals surface area contributed by atoms with Crippen LogP contribution in [0.15, 0.2) is 48.5 Å². The number of benzene rings is 2. The van der Waals surface area contributed by atoms with Gasteiger partial charge in [-0.2, -0.15) is 0 Å². The highest BCUT2D eigenvalue weighted by Gasteiger charge is 2.34. The summed E-state index contributed by atoms with van der Waals surface area (Å²) in [5, 5.41) is 13.1. The predicted molar refractivity (Wildman–Crippen MR) is 115 cm³/mol. The van der Waals surface area contributed by atoms with Crippen molar-refractivity contribution in [1.29, 1.82) is 0 Å². The summed E-state index contributed by atoms with van der Waals surface area (Å²) in [6.45, 7) is 0.0718. The number of amides is 2. The molecule has 6 nitrogen and oxygen atoms in total. The van der Waals surface area contributed by atoms with Gasteiger partial charge in [0, 0.05) is 19.0 Å². The van der Waals surface area contributed by atoms with Crippen LogP contribution in [0.25, 0.3) is 0 Å². The minimum atomic E-state index is -0.739. The van der Waals surface area contributed by atoms with Crippen LogP contribution in [0.3, 0.4) is 0 Å². The molecular weight excluding hydrogens is 427 g/mol. The molecule has 0 unspecified atom stereocenters. The number of nitrogens with zero attached hydrogens (tertiary/aromatic N) is 1. The van der Waals surface area contributed by atoms with Crippen LogP contribution in [0.4, 0.5) is 4.79 Å². The summed E-state index contributed by atoms with van der Waals surface area (Å²) in [5.41, 5.74) is 1.61. The lowest BCUT2D eigenvalue weighted by atomic mass is 10.1. The van der Waals surface area contributed by atoms with Crippen molar-refractivity contribution in [1.82, 2.24) is 10.2 Å². The van der Waals surface area contributed by atoms with Crippen molar-refractivity contribution in [2.24, 2.45) is 0 Å². The number of alkyl carbamates (subject to hydrolysis) is 1. The summed E-state index contributed by atoms with van der Waals surface area (Å²) in [6, 6.07) is 14.0. The van der Waals surface area contributed by atoms with Crippen LogP contribution in [-0.4, -0.2) is 40.7 Å². The van der Waals surface area contributed by atoms with E-state index < -0.39 is 12.1 Å². The first-order chi connectivity index (χ1) is 14.5. The van der Waals surface area contributed by atoms with E-state index in [1.54, 1.807) is 17.0 Å². The highest BCUT2D eigenvalue weighted by atomic mass is 35.5. The molecule has 2 N–H and O–H groups in total. The number of hydrogen-bond acceptors (Lipinski definition) is 4. The predicted octanol–water partition coefficient (Wildman–Crippen LogP) is 4.16. The lowest BCUT2D eigenvalue weighted by molar-refractivity contribution is -0.133. The first-order valence-corrected chi connectivity index (χ1v) is 10.5. The summed E-state index contributed by atoms with van der Waals surface area (Å²) in [7, 11) is 0. The Bertz CT molecular complexity index is 875. The topological polar surface area (TPSA) is 78.9 Å². The Hall–Kier alpha value is -2.28. The molecule has 0 heterocycles. The van der Waals surface area contributed by atoms with Crippen LogP contribution in [0.1, 0.15) is 30.4 Å². The van der Waals surface area contributed by atoms with Gasteiger partial charge >= 0.3 is 6.09 Å². The van der Waals surface area contributed by atoms with Crippen LogP contribution < -0.4 is 5.32 Å². The first kappa shape index (κ1) is 22.4. The van der Waals surface area contributed by atoms with Crippen LogP contribution in [0, 0.1) is 0 Å². The fourth-order valence-corrected chi connectivity index (χ4v) is 3.46. The molecule has 3 rings (SSSR count). The van der Waals surface area contributed by atoms with Gasteiger partial charge in [0.15, 0.2) is 0 Å². The lowest BCUT2D eigenvalue weighted by Crippen LogP contribution is -2.43. The average molecular weight is 451 g/mol. The number of carbonyl (C=O) groups excluding carboxylic acids is 2. The Morgan fingerprint density at radius 3 is 2.53 bits per heavy atom.